The van der Waals surface area contributed by atoms with Crippen LogP contribution in [0, 0.1) is 11.6 Å². The van der Waals surface area contributed by atoms with Crippen molar-refractivity contribution in [2.24, 2.45) is 0 Å². The number of benzene rings is 2. The Bertz CT molecular complexity index is 1200. The zero-order valence-corrected chi connectivity index (χ0v) is 21.5. The Hall–Kier alpha value is -2.85. The van der Waals surface area contributed by atoms with Crippen LogP contribution in [0.2, 0.25) is 4.34 Å². The number of aliphatic hydroxyl groups is 1. The molecule has 0 aliphatic carbocycles. The number of hydrogen-bond donors (Lipinski definition) is 4. The number of anilines is 1. The Morgan fingerprint density at radius 1 is 1.06 bits per heavy atom. The fourth-order valence-corrected chi connectivity index (χ4v) is 4.93. The number of rotatable bonds is 11. The molecular weight excluding hydrogens is 508 g/mol. The van der Waals surface area contributed by atoms with Crippen LogP contribution in [0.4, 0.5) is 13.8 Å². The van der Waals surface area contributed by atoms with Crippen LogP contribution in [0.15, 0.2) is 48.5 Å². The summed E-state index contributed by atoms with van der Waals surface area (Å²) in [6, 6.07) is 11.6. The van der Waals surface area contributed by atoms with E-state index in [1.807, 2.05) is 18.2 Å². The maximum absolute atomic E-state index is 13.8. The average molecular weight is 536 g/mol. The molecule has 0 saturated heterocycles. The summed E-state index contributed by atoms with van der Waals surface area (Å²) < 4.78 is 27.9. The third-order valence-electron chi connectivity index (χ3n) is 5.48. The number of carbonyl (C=O) groups is 2. The number of carbonyl (C=O) groups excluding carboxylic acids is 2. The molecule has 0 fully saturated rings. The summed E-state index contributed by atoms with van der Waals surface area (Å²) in [4.78, 5) is 24.6. The second-order valence-electron chi connectivity index (χ2n) is 8.41. The molecule has 192 valence electrons. The van der Waals surface area contributed by atoms with Gasteiger partial charge in [-0.2, -0.15) is 0 Å². The first kappa shape index (κ1) is 27.7. The number of nitrogens with one attached hydrogen (secondary N) is 3. The minimum absolute atomic E-state index is 0.0259. The Balaban J connectivity index is 1.76. The molecule has 3 rings (SSSR count). The van der Waals surface area contributed by atoms with Gasteiger partial charge in [-0.1, -0.05) is 42.8 Å². The van der Waals surface area contributed by atoms with Crippen molar-refractivity contribution in [1.82, 2.24) is 10.6 Å². The van der Waals surface area contributed by atoms with Crippen molar-refractivity contribution < 1.29 is 23.5 Å². The first-order valence-corrected chi connectivity index (χ1v) is 12.6. The van der Waals surface area contributed by atoms with Gasteiger partial charge in [0, 0.05) is 26.1 Å². The average Bonchev–Trinajstić information content (AvgIpc) is 3.17. The first-order valence-electron chi connectivity index (χ1n) is 11.4. The number of thiophene rings is 1. The summed E-state index contributed by atoms with van der Waals surface area (Å²) in [6.07, 6.45) is -0.211. The normalized spacial score (nSPS) is 12.7. The SMILES string of the molecule is CCc1cccc(CNC[C@H](O)[C@@H](Cc2cc(F)cc(F)c2)NC(=O)c2cc(Cl)sc2NC(C)=O)c1. The molecule has 0 saturated carbocycles. The number of aliphatic hydroxyl groups excluding tert-OH is 1. The molecule has 0 spiro atoms. The Morgan fingerprint density at radius 2 is 1.75 bits per heavy atom. The molecule has 2 amide bonds. The Labute approximate surface area is 217 Å². The highest BCUT2D eigenvalue weighted by Gasteiger charge is 2.25. The fourth-order valence-electron chi connectivity index (χ4n) is 3.76. The highest BCUT2D eigenvalue weighted by atomic mass is 35.5. The van der Waals surface area contributed by atoms with Crippen molar-refractivity contribution in [2.45, 2.75) is 45.4 Å². The van der Waals surface area contributed by atoms with E-state index in [4.69, 9.17) is 11.6 Å². The zero-order valence-electron chi connectivity index (χ0n) is 19.9. The van der Waals surface area contributed by atoms with Crippen LogP contribution in [0.5, 0.6) is 0 Å². The summed E-state index contributed by atoms with van der Waals surface area (Å²) in [6.45, 7) is 3.98. The minimum Gasteiger partial charge on any atom is -0.390 e. The van der Waals surface area contributed by atoms with E-state index in [9.17, 15) is 23.5 Å². The lowest BCUT2D eigenvalue weighted by molar-refractivity contribution is -0.114. The van der Waals surface area contributed by atoms with Gasteiger partial charge >= 0.3 is 0 Å². The zero-order chi connectivity index (χ0) is 26.2. The van der Waals surface area contributed by atoms with Gasteiger partial charge in [-0.05, 0) is 47.7 Å². The lowest BCUT2D eigenvalue weighted by Gasteiger charge is -2.25. The maximum atomic E-state index is 13.8. The summed E-state index contributed by atoms with van der Waals surface area (Å²) in [7, 11) is 0. The van der Waals surface area contributed by atoms with E-state index in [1.165, 1.54) is 18.6 Å². The first-order chi connectivity index (χ1) is 17.1. The molecule has 10 heteroatoms. The molecule has 36 heavy (non-hydrogen) atoms. The summed E-state index contributed by atoms with van der Waals surface area (Å²) >= 11 is 7.08. The fraction of sp³-hybridized carbons (Fsp3) is 0.308. The van der Waals surface area contributed by atoms with Crippen LogP contribution in [0.3, 0.4) is 0 Å². The number of aryl methyl sites for hydroxylation is 1. The van der Waals surface area contributed by atoms with E-state index >= 15 is 0 Å². The van der Waals surface area contributed by atoms with Crippen LogP contribution in [-0.2, 0) is 24.2 Å². The third kappa shape index (κ3) is 8.09. The Morgan fingerprint density at radius 3 is 2.42 bits per heavy atom. The van der Waals surface area contributed by atoms with E-state index in [1.54, 1.807) is 0 Å². The topological polar surface area (TPSA) is 90.5 Å². The molecule has 0 radical (unpaired) electrons. The van der Waals surface area contributed by atoms with E-state index in [-0.39, 0.29) is 35.0 Å². The monoisotopic (exact) mass is 535 g/mol. The summed E-state index contributed by atoms with van der Waals surface area (Å²) in [5.74, 6) is -2.46. The summed E-state index contributed by atoms with van der Waals surface area (Å²) in [5, 5.41) is 19.7. The molecule has 0 aliphatic rings. The van der Waals surface area contributed by atoms with E-state index in [0.29, 0.717) is 10.9 Å². The van der Waals surface area contributed by atoms with Crippen molar-refractivity contribution in [3.05, 3.63) is 86.8 Å². The van der Waals surface area contributed by atoms with Gasteiger partial charge in [0.15, 0.2) is 0 Å². The van der Waals surface area contributed by atoms with E-state index in [2.05, 4.69) is 28.9 Å². The highest BCUT2D eigenvalue weighted by molar-refractivity contribution is 7.20. The number of halogens is 3. The molecule has 3 aromatic rings. The van der Waals surface area contributed by atoms with Gasteiger partial charge in [0.2, 0.25) is 5.91 Å². The van der Waals surface area contributed by atoms with Gasteiger partial charge in [-0.15, -0.1) is 11.3 Å². The van der Waals surface area contributed by atoms with Crippen LogP contribution in [0.1, 0.15) is 40.9 Å². The van der Waals surface area contributed by atoms with Crippen molar-refractivity contribution in [3.8, 4) is 0 Å². The predicted octanol–water partition coefficient (Wildman–Crippen LogP) is 4.69. The minimum atomic E-state index is -1.09. The van der Waals surface area contributed by atoms with Gasteiger partial charge in [0.1, 0.15) is 16.6 Å². The second kappa shape index (κ2) is 12.9. The van der Waals surface area contributed by atoms with Crippen molar-refractivity contribution in [3.63, 3.8) is 0 Å². The lowest BCUT2D eigenvalue weighted by atomic mass is 10.00. The van der Waals surface area contributed by atoms with Crippen LogP contribution < -0.4 is 16.0 Å². The molecule has 2 atom stereocenters. The molecule has 2 aromatic carbocycles. The predicted molar refractivity (Wildman–Crippen MR) is 138 cm³/mol. The van der Waals surface area contributed by atoms with Gasteiger partial charge in [0.25, 0.3) is 5.91 Å². The number of amides is 2. The molecule has 6 nitrogen and oxygen atoms in total. The second-order valence-corrected chi connectivity index (χ2v) is 10.1. The molecular formula is C26H28ClF2N3O3S. The van der Waals surface area contributed by atoms with Crippen molar-refractivity contribution >= 4 is 39.8 Å². The molecule has 1 aromatic heterocycles. The highest BCUT2D eigenvalue weighted by Crippen LogP contribution is 2.32. The van der Waals surface area contributed by atoms with Crippen molar-refractivity contribution in [2.75, 3.05) is 11.9 Å². The molecule has 0 bridgehead atoms. The standard InChI is InChI=1S/C26H28ClF2N3O3S/c1-3-16-5-4-6-17(7-16)13-30-14-23(34)22(10-18-8-19(28)11-20(29)9-18)32-25(35)21-12-24(27)36-26(21)31-15(2)33/h4-9,11-12,22-23,30,34H,3,10,13-14H2,1-2H3,(H,31,33)(H,32,35)/t22-,23+/m1/s1. The van der Waals surface area contributed by atoms with Crippen molar-refractivity contribution in [1.29, 1.82) is 0 Å². The van der Waals surface area contributed by atoms with Crippen LogP contribution in [0.25, 0.3) is 0 Å². The molecule has 0 unspecified atom stereocenters. The Kier molecular flexibility index (Phi) is 9.95. The lowest BCUT2D eigenvalue weighted by Crippen LogP contribution is -2.48. The molecule has 4 N–H and O–H groups in total. The third-order valence-corrected chi connectivity index (χ3v) is 6.66. The smallest absolute Gasteiger partial charge is 0.254 e. The van der Waals surface area contributed by atoms with E-state index in [0.717, 1.165) is 41.5 Å². The van der Waals surface area contributed by atoms with Gasteiger partial charge in [-0.25, -0.2) is 8.78 Å². The van der Waals surface area contributed by atoms with E-state index < -0.39 is 29.7 Å². The molecule has 0 aliphatic heterocycles. The van der Waals surface area contributed by atoms with Crippen LogP contribution >= 0.6 is 22.9 Å². The molecule has 1 heterocycles. The largest absolute Gasteiger partial charge is 0.390 e. The summed E-state index contributed by atoms with van der Waals surface area (Å²) in [5.41, 5.74) is 2.64. The van der Waals surface area contributed by atoms with Crippen LogP contribution in [-0.4, -0.2) is 35.6 Å². The van der Waals surface area contributed by atoms with Gasteiger partial charge in [0.05, 0.1) is 22.0 Å². The van der Waals surface area contributed by atoms with Gasteiger partial charge < -0.3 is 21.1 Å². The quantitative estimate of drug-likeness (QED) is 0.287. The van der Waals surface area contributed by atoms with Gasteiger partial charge in [-0.3, -0.25) is 9.59 Å². The number of hydrogen-bond acceptors (Lipinski definition) is 5. The maximum Gasteiger partial charge on any atom is 0.254 e.